The fourth-order valence-corrected chi connectivity index (χ4v) is 15.9. The average Bonchev–Trinajstić information content (AvgIpc) is 2.99. The molecule has 4 aromatic carbocycles. The molecule has 7 unspecified atom stereocenters. The number of aliphatic hydroxyl groups excluding tert-OH is 1. The minimum absolute atomic E-state index is 0.0252. The van der Waals surface area contributed by atoms with E-state index in [0.717, 1.165) is 35.4 Å². The van der Waals surface area contributed by atoms with Gasteiger partial charge in [0, 0.05) is 61.8 Å². The molecule has 5 N–H and O–H groups in total. The maximum Gasteiger partial charge on any atom is 0.254 e. The first-order valence-corrected chi connectivity index (χ1v) is 33.0. The van der Waals surface area contributed by atoms with Gasteiger partial charge in [-0.05, 0) is 181 Å². The topological polar surface area (TPSA) is 188 Å². The van der Waals surface area contributed by atoms with Gasteiger partial charge in [0.05, 0.1) is 11.6 Å². The first kappa shape index (κ1) is 69.4. The quantitative estimate of drug-likeness (QED) is 0.0293. The molecule has 2 heterocycles. The first-order valence-electron chi connectivity index (χ1n) is 30.7. The van der Waals surface area contributed by atoms with E-state index in [0.29, 0.717) is 80.8 Å². The Morgan fingerprint density at radius 1 is 0.614 bits per heavy atom. The van der Waals surface area contributed by atoms with Crippen LogP contribution in [0.2, 0.25) is 0 Å². The second-order valence-electron chi connectivity index (χ2n) is 26.1. The van der Waals surface area contributed by atoms with Crippen LogP contribution in [0.4, 0.5) is 17.6 Å². The number of halogens is 4. The number of nitrogens with zero attached hydrogens (tertiary/aromatic N) is 4. The number of amides is 6. The minimum atomic E-state index is -0.669. The van der Waals surface area contributed by atoms with Crippen molar-refractivity contribution in [3.8, 4) is 0 Å². The second kappa shape index (κ2) is 32.1. The lowest BCUT2D eigenvalue weighted by atomic mass is 9.72. The van der Waals surface area contributed by atoms with E-state index >= 15 is 8.78 Å². The lowest BCUT2D eigenvalue weighted by Gasteiger charge is -2.46. The molecule has 0 saturated heterocycles. The van der Waals surface area contributed by atoms with Gasteiger partial charge in [-0.1, -0.05) is 102 Å². The number of imide groups is 2. The highest BCUT2D eigenvalue weighted by atomic mass is 32.2. The Morgan fingerprint density at radius 3 is 1.52 bits per heavy atom. The summed E-state index contributed by atoms with van der Waals surface area (Å²) in [5.74, 6) is -2.19. The lowest BCUT2D eigenvalue weighted by molar-refractivity contribution is -0.142. The van der Waals surface area contributed by atoms with E-state index in [9.17, 15) is 42.7 Å². The molecule has 4 aliphatic rings. The van der Waals surface area contributed by atoms with Crippen LogP contribution in [0.3, 0.4) is 0 Å². The van der Waals surface area contributed by atoms with Crippen LogP contribution in [0.5, 0.6) is 0 Å². The molecule has 88 heavy (non-hydrogen) atoms. The third-order valence-corrected chi connectivity index (χ3v) is 19.8. The zero-order chi connectivity index (χ0) is 63.9. The van der Waals surface area contributed by atoms with Crippen molar-refractivity contribution >= 4 is 59.0 Å². The number of nitrogens with two attached hydrogens (primary N) is 2. The van der Waals surface area contributed by atoms with Crippen molar-refractivity contribution < 1.29 is 51.4 Å². The number of carbonyl (C=O) groups excluding carboxylic acids is 6. The van der Waals surface area contributed by atoms with Crippen molar-refractivity contribution in [2.75, 3.05) is 62.5 Å². The van der Waals surface area contributed by atoms with E-state index in [2.05, 4.69) is 65.8 Å². The summed E-state index contributed by atoms with van der Waals surface area (Å²) in [7, 11) is 0. The molecule has 476 valence electrons. The van der Waals surface area contributed by atoms with Gasteiger partial charge < -0.3 is 26.4 Å². The summed E-state index contributed by atoms with van der Waals surface area (Å²) in [5.41, 5.74) is 14.5. The van der Waals surface area contributed by atoms with E-state index in [1.807, 2.05) is 41.3 Å². The fraction of sp³-hybridized carbons (Fsp3) is 0.507. The van der Waals surface area contributed by atoms with Crippen molar-refractivity contribution in [2.24, 2.45) is 51.9 Å². The molecule has 9 atom stereocenters. The Hall–Kier alpha value is -6.12. The number of hydrogen-bond acceptors (Lipinski definition) is 11. The van der Waals surface area contributed by atoms with Gasteiger partial charge in [-0.3, -0.25) is 38.6 Å². The molecule has 2 saturated carbocycles. The van der Waals surface area contributed by atoms with Crippen LogP contribution >= 0.6 is 23.5 Å². The van der Waals surface area contributed by atoms with Gasteiger partial charge in [0.1, 0.15) is 29.9 Å². The van der Waals surface area contributed by atoms with Crippen LogP contribution in [0.15, 0.2) is 121 Å². The highest BCUT2D eigenvalue weighted by molar-refractivity contribution is 8.00. The van der Waals surface area contributed by atoms with Gasteiger partial charge >= 0.3 is 0 Å². The number of rotatable bonds is 27. The molecule has 19 heteroatoms. The first-order chi connectivity index (χ1) is 41.9. The summed E-state index contributed by atoms with van der Waals surface area (Å²) in [6, 6.07) is 27.1. The van der Waals surface area contributed by atoms with Gasteiger partial charge in [-0.2, -0.15) is 11.8 Å². The lowest BCUT2D eigenvalue weighted by Crippen LogP contribution is -2.55. The predicted octanol–water partition coefficient (Wildman–Crippen LogP) is 10.7. The zero-order valence-corrected chi connectivity index (χ0v) is 53.3. The molecule has 2 aliphatic heterocycles. The Kier molecular flexibility index (Phi) is 25.3. The summed E-state index contributed by atoms with van der Waals surface area (Å²) >= 11 is 2.89. The summed E-state index contributed by atoms with van der Waals surface area (Å²) in [4.78, 5) is 81.2. The van der Waals surface area contributed by atoms with E-state index < -0.39 is 35.4 Å². The van der Waals surface area contributed by atoms with Crippen LogP contribution in [-0.2, 0) is 41.6 Å². The molecule has 0 bridgehead atoms. The van der Waals surface area contributed by atoms with E-state index in [1.165, 1.54) is 82.6 Å². The number of benzene rings is 4. The fourth-order valence-electron chi connectivity index (χ4n) is 13.9. The summed E-state index contributed by atoms with van der Waals surface area (Å²) in [6.45, 7) is 13.8. The highest BCUT2D eigenvalue weighted by Crippen LogP contribution is 2.52. The Labute approximate surface area is 525 Å². The Balaban J connectivity index is 0.000000251. The summed E-state index contributed by atoms with van der Waals surface area (Å²) in [5, 5.41) is 10.1. The number of carbonyl (C=O) groups is 6. The highest BCUT2D eigenvalue weighted by Gasteiger charge is 2.49. The summed E-state index contributed by atoms with van der Waals surface area (Å²) < 4.78 is 58.7. The van der Waals surface area contributed by atoms with Crippen LogP contribution in [-0.4, -0.2) is 135 Å². The van der Waals surface area contributed by atoms with Crippen LogP contribution in [0.1, 0.15) is 114 Å². The van der Waals surface area contributed by atoms with Gasteiger partial charge in [0.25, 0.3) is 23.6 Å². The standard InChI is InChI=1S/C35H45F2N3O3S.C34H43F2N3O4S/c1-35(2,3)34(40(16-7-15-38)33(43)23-44-18-8-17-39-31(41)13-14-32(39)42)29-21-26(28-22-27(36)11-12-30(28)37)20-25(29)19-24-9-5-4-6-10-24;1-34(2,3)33(38(32(43)19-40)18-23(17-37)20-44-21-39-30(41)11-12-31(39)42)28-15-25(27-16-26(35)9-10-29(27)36)14-24(28)13-22-7-5-4-6-8-22/h4-6,9-14,22,25-26,29,34H,7-8,15-21,23,38H2,1-3H3;4-12,16,23-25,28,33,40H,13-15,17-21,37H2,1-3H3/t25?,26?,29?,34-;23?,24?,25?,28?,33-/m00/s1. The molecule has 2 aliphatic carbocycles. The largest absolute Gasteiger partial charge is 0.387 e. The maximum atomic E-state index is 15.0. The molecular formula is C69H88F4N6O7S2. The maximum absolute atomic E-state index is 15.0. The Bertz CT molecular complexity index is 3050. The third kappa shape index (κ3) is 18.5. The van der Waals surface area contributed by atoms with E-state index in [4.69, 9.17) is 11.5 Å². The molecule has 0 spiro atoms. The molecule has 2 fully saturated rings. The number of aliphatic hydroxyl groups is 1. The van der Waals surface area contributed by atoms with Crippen molar-refractivity contribution in [3.63, 3.8) is 0 Å². The van der Waals surface area contributed by atoms with Gasteiger partial charge in [-0.15, -0.1) is 11.8 Å². The number of thioether (sulfide) groups is 2. The van der Waals surface area contributed by atoms with Crippen LogP contribution in [0.25, 0.3) is 0 Å². The van der Waals surface area contributed by atoms with Crippen LogP contribution in [0, 0.1) is 63.7 Å². The third-order valence-electron chi connectivity index (χ3n) is 17.7. The van der Waals surface area contributed by atoms with Crippen molar-refractivity contribution in [1.29, 1.82) is 0 Å². The molecule has 8 rings (SSSR count). The predicted molar refractivity (Wildman–Crippen MR) is 340 cm³/mol. The smallest absolute Gasteiger partial charge is 0.254 e. The van der Waals surface area contributed by atoms with Crippen molar-refractivity contribution in [2.45, 2.75) is 117 Å². The molecule has 0 aromatic heterocycles. The number of hydrogen-bond donors (Lipinski definition) is 3. The van der Waals surface area contributed by atoms with Gasteiger partial charge in [-0.25, -0.2) is 17.6 Å². The van der Waals surface area contributed by atoms with Crippen molar-refractivity contribution in [3.05, 3.63) is 167 Å². The molecule has 13 nitrogen and oxygen atoms in total. The molecule has 6 amide bonds. The van der Waals surface area contributed by atoms with Gasteiger partial charge in [0.15, 0.2) is 0 Å². The minimum Gasteiger partial charge on any atom is -0.387 e. The molecule has 4 aromatic rings. The molecular weight excluding hydrogens is 1160 g/mol. The zero-order valence-electron chi connectivity index (χ0n) is 51.6. The monoisotopic (exact) mass is 1250 g/mol. The average molecular weight is 1250 g/mol. The van der Waals surface area contributed by atoms with Gasteiger partial charge in [0.2, 0.25) is 11.8 Å². The van der Waals surface area contributed by atoms with Crippen molar-refractivity contribution in [1.82, 2.24) is 19.6 Å². The molecule has 0 radical (unpaired) electrons. The van der Waals surface area contributed by atoms with E-state index in [-0.39, 0.29) is 119 Å². The van der Waals surface area contributed by atoms with Crippen LogP contribution < -0.4 is 11.5 Å². The second-order valence-corrected chi connectivity index (χ2v) is 28.2. The van der Waals surface area contributed by atoms with E-state index in [1.54, 1.807) is 4.90 Å². The summed E-state index contributed by atoms with van der Waals surface area (Å²) in [6.07, 6.45) is 10.4. The Morgan fingerprint density at radius 2 is 1.08 bits per heavy atom. The normalized spacial score (nSPS) is 21.2. The SMILES string of the molecule is CC(C)(C)[C@H](C1CC(c2cc(F)ccc2F)CC1Cc1ccccc1)N(CC(CN)CSCN1C(=O)C=CC1=O)C(=O)CO.CC(C)(C)[C@H](C1CC(c2cc(F)ccc2F)CC1Cc1ccccc1)N(CCCN)C(=O)CSCCCN1C(=O)C=CC1=O.